The molecule has 1 fully saturated rings. The van der Waals surface area contributed by atoms with Crippen molar-refractivity contribution in [2.45, 2.75) is 71.6 Å². The molecule has 0 spiro atoms. The van der Waals surface area contributed by atoms with Crippen molar-refractivity contribution in [2.75, 3.05) is 18.5 Å². The van der Waals surface area contributed by atoms with E-state index in [0.29, 0.717) is 37.2 Å². The topological polar surface area (TPSA) is 110 Å². The molecule has 9 nitrogen and oxygen atoms in total. The zero-order chi connectivity index (χ0) is 27.1. The highest BCUT2D eigenvalue weighted by molar-refractivity contribution is 9.10. The minimum absolute atomic E-state index is 0.0581. The molecule has 204 valence electrons. The smallest absolute Gasteiger partial charge is 0.220 e. The van der Waals surface area contributed by atoms with E-state index < -0.39 is 0 Å². The number of anilines is 1. The first-order valence-corrected chi connectivity index (χ1v) is 13.9. The maximum atomic E-state index is 13.4. The van der Waals surface area contributed by atoms with E-state index in [4.69, 9.17) is 9.72 Å². The van der Waals surface area contributed by atoms with Gasteiger partial charge in [-0.15, -0.1) is 0 Å². The summed E-state index contributed by atoms with van der Waals surface area (Å²) in [5.41, 5.74) is 4.41. The maximum Gasteiger partial charge on any atom is 0.220 e. The standard InChI is InChI=1S/C27H34BrFN6O3/c1-3-23-19(15-31-25(37)8-7-24(36)30-14-17-5-6-22(29)21(28)13-17)26(33-18-9-11-38-12-10-18)20-16-32-35(4-2)27(20)34-23/h5-6,13,16,18H,3-4,7-12,14-15H2,1-2H3,(H,30,36)(H,31,37)(H,33,34). The van der Waals surface area contributed by atoms with Gasteiger partial charge in [0, 0.05) is 63.0 Å². The lowest BCUT2D eigenvalue weighted by Gasteiger charge is -2.26. The van der Waals surface area contributed by atoms with E-state index in [1.807, 2.05) is 24.7 Å². The third-order valence-corrected chi connectivity index (χ3v) is 7.30. The highest BCUT2D eigenvalue weighted by Gasteiger charge is 2.22. The van der Waals surface area contributed by atoms with Gasteiger partial charge in [0.05, 0.1) is 21.7 Å². The molecule has 2 aromatic heterocycles. The SMILES string of the molecule is CCc1nc2c(cnn2CC)c(NC2CCOCC2)c1CNC(=O)CCC(=O)NCc1ccc(F)c(Br)c1. The Hall–Kier alpha value is -3.05. The molecule has 0 radical (unpaired) electrons. The van der Waals surface area contributed by atoms with E-state index >= 15 is 0 Å². The second-order valence-electron chi connectivity index (χ2n) is 9.30. The Morgan fingerprint density at radius 1 is 1.13 bits per heavy atom. The van der Waals surface area contributed by atoms with E-state index in [-0.39, 0.29) is 43.1 Å². The van der Waals surface area contributed by atoms with Crippen molar-refractivity contribution in [2.24, 2.45) is 0 Å². The number of carbonyl (C=O) groups is 2. The first-order chi connectivity index (χ1) is 18.4. The van der Waals surface area contributed by atoms with Crippen LogP contribution in [0.1, 0.15) is 56.4 Å². The first-order valence-electron chi connectivity index (χ1n) is 13.1. The van der Waals surface area contributed by atoms with Crippen molar-refractivity contribution in [1.29, 1.82) is 0 Å². The van der Waals surface area contributed by atoms with Gasteiger partial charge in [-0.25, -0.2) is 14.1 Å². The number of hydrogen-bond acceptors (Lipinski definition) is 6. The van der Waals surface area contributed by atoms with Crippen molar-refractivity contribution < 1.29 is 18.7 Å². The van der Waals surface area contributed by atoms with Gasteiger partial charge in [-0.1, -0.05) is 13.0 Å². The molecular weight excluding hydrogens is 555 g/mol. The summed E-state index contributed by atoms with van der Waals surface area (Å²) < 4.78 is 21.1. The Morgan fingerprint density at radius 3 is 2.50 bits per heavy atom. The van der Waals surface area contributed by atoms with Gasteiger partial charge in [0.25, 0.3) is 0 Å². The summed E-state index contributed by atoms with van der Waals surface area (Å²) in [4.78, 5) is 29.9. The summed E-state index contributed by atoms with van der Waals surface area (Å²) >= 11 is 3.14. The Morgan fingerprint density at radius 2 is 1.84 bits per heavy atom. The van der Waals surface area contributed by atoms with E-state index in [1.165, 1.54) is 6.07 Å². The minimum atomic E-state index is -0.359. The number of halogens is 2. The summed E-state index contributed by atoms with van der Waals surface area (Å²) in [6.07, 6.45) is 4.48. The summed E-state index contributed by atoms with van der Waals surface area (Å²) in [7, 11) is 0. The molecule has 0 aliphatic carbocycles. The van der Waals surface area contributed by atoms with Crippen molar-refractivity contribution >= 4 is 44.5 Å². The van der Waals surface area contributed by atoms with E-state index in [0.717, 1.165) is 46.4 Å². The molecule has 3 N–H and O–H groups in total. The van der Waals surface area contributed by atoms with Gasteiger partial charge in [0.15, 0.2) is 5.65 Å². The number of aromatic nitrogens is 3. The van der Waals surface area contributed by atoms with Gasteiger partial charge in [-0.05, 0) is 59.8 Å². The quantitative estimate of drug-likeness (QED) is 0.309. The third kappa shape index (κ3) is 6.87. The number of nitrogens with one attached hydrogen (secondary N) is 3. The van der Waals surface area contributed by atoms with Crippen molar-refractivity contribution in [3.63, 3.8) is 0 Å². The Balaban J connectivity index is 1.40. The van der Waals surface area contributed by atoms with Crippen LogP contribution >= 0.6 is 15.9 Å². The number of aryl methyl sites for hydroxylation is 2. The molecule has 0 atom stereocenters. The van der Waals surface area contributed by atoms with Gasteiger partial charge in [0.1, 0.15) is 5.82 Å². The van der Waals surface area contributed by atoms with Crippen LogP contribution in [0.15, 0.2) is 28.9 Å². The van der Waals surface area contributed by atoms with Gasteiger partial charge < -0.3 is 20.7 Å². The van der Waals surface area contributed by atoms with Crippen LogP contribution in [0.2, 0.25) is 0 Å². The zero-order valence-corrected chi connectivity index (χ0v) is 23.4. The Kier molecular flexibility index (Phi) is 9.68. The van der Waals surface area contributed by atoms with Crippen LogP contribution in [-0.2, 0) is 40.4 Å². The molecule has 1 aromatic carbocycles. The lowest BCUT2D eigenvalue weighted by molar-refractivity contribution is -0.126. The number of rotatable bonds is 11. The molecule has 0 bridgehead atoms. The number of hydrogen-bond donors (Lipinski definition) is 3. The van der Waals surface area contributed by atoms with Crippen molar-refractivity contribution in [3.8, 4) is 0 Å². The number of fused-ring (bicyclic) bond motifs is 1. The van der Waals surface area contributed by atoms with Gasteiger partial charge in [0.2, 0.25) is 11.8 Å². The second-order valence-corrected chi connectivity index (χ2v) is 10.2. The van der Waals surface area contributed by atoms with Gasteiger partial charge in [-0.3, -0.25) is 9.59 Å². The lowest BCUT2D eigenvalue weighted by Crippen LogP contribution is -2.30. The fourth-order valence-electron chi connectivity index (χ4n) is 4.54. The van der Waals surface area contributed by atoms with Crippen LogP contribution < -0.4 is 16.0 Å². The first kappa shape index (κ1) is 28.0. The molecule has 0 unspecified atom stereocenters. The van der Waals surface area contributed by atoms with Crippen LogP contribution in [0.4, 0.5) is 10.1 Å². The van der Waals surface area contributed by atoms with Crippen LogP contribution in [0, 0.1) is 5.82 Å². The normalized spacial score (nSPS) is 14.0. The minimum Gasteiger partial charge on any atom is -0.381 e. The maximum absolute atomic E-state index is 13.4. The van der Waals surface area contributed by atoms with Gasteiger partial charge in [-0.2, -0.15) is 5.10 Å². The summed E-state index contributed by atoms with van der Waals surface area (Å²) in [5.74, 6) is -0.817. The van der Waals surface area contributed by atoms with Crippen LogP contribution in [0.3, 0.4) is 0 Å². The van der Waals surface area contributed by atoms with Crippen molar-refractivity contribution in [3.05, 3.63) is 51.5 Å². The predicted molar refractivity (Wildman–Crippen MR) is 147 cm³/mol. The summed E-state index contributed by atoms with van der Waals surface area (Å²) in [6.45, 7) is 6.80. The predicted octanol–water partition coefficient (Wildman–Crippen LogP) is 4.22. The van der Waals surface area contributed by atoms with E-state index in [1.54, 1.807) is 12.1 Å². The van der Waals surface area contributed by atoms with Crippen molar-refractivity contribution in [1.82, 2.24) is 25.4 Å². The third-order valence-electron chi connectivity index (χ3n) is 6.69. The number of nitrogens with zero attached hydrogens (tertiary/aromatic N) is 3. The highest BCUT2D eigenvalue weighted by atomic mass is 79.9. The van der Waals surface area contributed by atoms with Crippen LogP contribution in [-0.4, -0.2) is 45.8 Å². The number of ether oxygens (including phenoxy) is 1. The molecule has 3 aromatic rings. The monoisotopic (exact) mass is 588 g/mol. The molecule has 0 saturated carbocycles. The molecular formula is C27H34BrFN6O3. The van der Waals surface area contributed by atoms with E-state index in [2.05, 4.69) is 37.0 Å². The Bertz CT molecular complexity index is 1290. The fourth-order valence-corrected chi connectivity index (χ4v) is 4.97. The second kappa shape index (κ2) is 13.1. The summed E-state index contributed by atoms with van der Waals surface area (Å²) in [5, 5.41) is 14.9. The molecule has 1 aliphatic rings. The molecule has 11 heteroatoms. The largest absolute Gasteiger partial charge is 0.381 e. The van der Waals surface area contributed by atoms with E-state index in [9.17, 15) is 14.0 Å². The average Bonchev–Trinajstić information content (AvgIpc) is 3.35. The molecule has 4 rings (SSSR count). The zero-order valence-electron chi connectivity index (χ0n) is 21.8. The number of amides is 2. The number of pyridine rings is 1. The molecule has 3 heterocycles. The fraction of sp³-hybridized carbons (Fsp3) is 0.481. The number of carbonyl (C=O) groups excluding carboxylic acids is 2. The van der Waals surface area contributed by atoms with Crippen LogP contribution in [0.25, 0.3) is 11.0 Å². The van der Waals surface area contributed by atoms with Crippen LogP contribution in [0.5, 0.6) is 0 Å². The average molecular weight is 590 g/mol. The molecule has 38 heavy (non-hydrogen) atoms. The molecule has 2 amide bonds. The highest BCUT2D eigenvalue weighted by Crippen LogP contribution is 2.31. The number of benzene rings is 1. The van der Waals surface area contributed by atoms with Gasteiger partial charge >= 0.3 is 0 Å². The summed E-state index contributed by atoms with van der Waals surface area (Å²) in [6, 6.07) is 4.84. The molecule has 1 aliphatic heterocycles. The Labute approximate surface area is 230 Å². The lowest BCUT2D eigenvalue weighted by atomic mass is 10.0. The molecule has 1 saturated heterocycles.